The molecule has 2 unspecified atom stereocenters. The number of hydrazone groups is 1. The second-order valence-electron chi connectivity index (χ2n) is 4.93. The van der Waals surface area contributed by atoms with Gasteiger partial charge in [0.25, 0.3) is 0 Å². The maximum atomic E-state index is 11.9. The number of hydrogen-bond donors (Lipinski definition) is 2. The molecule has 2 amide bonds. The van der Waals surface area contributed by atoms with Gasteiger partial charge in [-0.3, -0.25) is 4.90 Å². The van der Waals surface area contributed by atoms with Crippen LogP contribution in [0.1, 0.15) is 12.0 Å². The van der Waals surface area contributed by atoms with E-state index in [2.05, 4.69) is 11.2 Å². The van der Waals surface area contributed by atoms with E-state index in [1.165, 1.54) is 0 Å². The van der Waals surface area contributed by atoms with Crippen LogP contribution in [-0.4, -0.2) is 17.8 Å². The summed E-state index contributed by atoms with van der Waals surface area (Å²) in [6.07, 6.45) is 8.65. The first-order valence-corrected chi connectivity index (χ1v) is 6.52. The number of urea groups is 1. The van der Waals surface area contributed by atoms with Crippen LogP contribution in [0.15, 0.2) is 53.7 Å². The lowest BCUT2D eigenvalue weighted by atomic mass is 9.90. The van der Waals surface area contributed by atoms with Crippen LogP contribution in [0.4, 0.5) is 10.5 Å². The molecule has 4 N–H and O–H groups in total. The highest BCUT2D eigenvalue weighted by Gasteiger charge is 2.35. The largest absolute Gasteiger partial charge is 0.351 e. The van der Waals surface area contributed by atoms with E-state index in [-0.39, 0.29) is 12.0 Å². The molecule has 5 heteroatoms. The Hall–Kier alpha value is -2.56. The minimum absolute atomic E-state index is 0.0992. The van der Waals surface area contributed by atoms with Gasteiger partial charge in [-0.05, 0) is 6.07 Å². The fourth-order valence-electron chi connectivity index (χ4n) is 2.92. The van der Waals surface area contributed by atoms with Crippen LogP contribution in [0.2, 0.25) is 0 Å². The molecule has 102 valence electrons. The molecule has 0 aromatic heterocycles. The van der Waals surface area contributed by atoms with Gasteiger partial charge in [-0.25, -0.2) is 4.79 Å². The molecule has 1 heterocycles. The molecular formula is C15H16N4O. The molecule has 1 aromatic carbocycles. The predicted molar refractivity (Wildman–Crippen MR) is 79.4 cm³/mol. The number of rotatable bonds is 0. The predicted octanol–water partition coefficient (Wildman–Crippen LogP) is 1.75. The Morgan fingerprint density at radius 1 is 1.25 bits per heavy atom. The van der Waals surface area contributed by atoms with Crippen LogP contribution in [-0.2, 0) is 0 Å². The summed E-state index contributed by atoms with van der Waals surface area (Å²) in [5.41, 5.74) is 8.02. The maximum Gasteiger partial charge on any atom is 0.319 e. The van der Waals surface area contributed by atoms with Crippen molar-refractivity contribution < 1.29 is 4.79 Å². The van der Waals surface area contributed by atoms with Gasteiger partial charge in [0.1, 0.15) is 0 Å². The molecule has 0 bridgehead atoms. The van der Waals surface area contributed by atoms with Gasteiger partial charge in [-0.15, -0.1) is 0 Å². The zero-order valence-electron chi connectivity index (χ0n) is 10.9. The van der Waals surface area contributed by atoms with Crippen molar-refractivity contribution in [1.29, 1.82) is 0 Å². The number of carbonyl (C=O) groups excluding carboxylic acids is 1. The smallest absolute Gasteiger partial charge is 0.319 e. The molecule has 1 aliphatic heterocycles. The SMILES string of the molecule is NN=C1CC2C=CC=CC2N(C(N)=O)c2ccccc21. The Morgan fingerprint density at radius 2 is 2.00 bits per heavy atom. The number of nitrogens with two attached hydrogens (primary N) is 2. The molecule has 2 atom stereocenters. The van der Waals surface area contributed by atoms with Crippen molar-refractivity contribution in [2.75, 3.05) is 4.90 Å². The Bertz CT molecular complexity index is 633. The summed E-state index contributed by atoms with van der Waals surface area (Å²) in [6.45, 7) is 0. The van der Waals surface area contributed by atoms with Gasteiger partial charge in [0.2, 0.25) is 0 Å². The topological polar surface area (TPSA) is 84.7 Å². The van der Waals surface area contributed by atoms with Crippen molar-refractivity contribution in [2.45, 2.75) is 12.5 Å². The highest BCUT2D eigenvalue weighted by atomic mass is 16.2. The van der Waals surface area contributed by atoms with Crippen LogP contribution in [0, 0.1) is 5.92 Å². The van der Waals surface area contributed by atoms with Crippen molar-refractivity contribution in [1.82, 2.24) is 0 Å². The summed E-state index contributed by atoms with van der Waals surface area (Å²) in [4.78, 5) is 13.6. The molecule has 20 heavy (non-hydrogen) atoms. The molecule has 0 fully saturated rings. The summed E-state index contributed by atoms with van der Waals surface area (Å²) < 4.78 is 0. The molecular weight excluding hydrogens is 252 g/mol. The van der Waals surface area contributed by atoms with E-state index in [1.54, 1.807) is 4.90 Å². The van der Waals surface area contributed by atoms with Gasteiger partial charge >= 0.3 is 6.03 Å². The number of fused-ring (bicyclic) bond motifs is 2. The number of nitrogens with zero attached hydrogens (tertiary/aromatic N) is 2. The van der Waals surface area contributed by atoms with Crippen LogP contribution >= 0.6 is 0 Å². The number of hydrogen-bond acceptors (Lipinski definition) is 3. The highest BCUT2D eigenvalue weighted by Crippen LogP contribution is 2.35. The summed E-state index contributed by atoms with van der Waals surface area (Å²) in [6, 6.07) is 7.01. The molecule has 3 rings (SSSR count). The highest BCUT2D eigenvalue weighted by molar-refractivity contribution is 6.09. The lowest BCUT2D eigenvalue weighted by Gasteiger charge is -2.32. The van der Waals surface area contributed by atoms with E-state index in [1.807, 2.05) is 42.5 Å². The van der Waals surface area contributed by atoms with Crippen LogP contribution < -0.4 is 16.5 Å². The maximum absolute atomic E-state index is 11.9. The first-order valence-electron chi connectivity index (χ1n) is 6.52. The van der Waals surface area contributed by atoms with E-state index < -0.39 is 6.03 Å². The molecule has 5 nitrogen and oxygen atoms in total. The number of para-hydroxylation sites is 1. The quantitative estimate of drug-likeness (QED) is 0.555. The summed E-state index contributed by atoms with van der Waals surface area (Å²) >= 11 is 0. The van der Waals surface area contributed by atoms with E-state index in [9.17, 15) is 4.79 Å². The average molecular weight is 268 g/mol. The lowest BCUT2D eigenvalue weighted by molar-refractivity contribution is 0.251. The number of allylic oxidation sites excluding steroid dienone is 2. The Balaban J connectivity index is 2.21. The van der Waals surface area contributed by atoms with Gasteiger partial charge in [0.05, 0.1) is 17.4 Å². The third-order valence-electron chi connectivity index (χ3n) is 3.81. The number of benzene rings is 1. The number of anilines is 1. The third-order valence-corrected chi connectivity index (χ3v) is 3.81. The van der Waals surface area contributed by atoms with Gasteiger partial charge in [0.15, 0.2) is 0 Å². The van der Waals surface area contributed by atoms with Crippen molar-refractivity contribution in [3.63, 3.8) is 0 Å². The van der Waals surface area contributed by atoms with E-state index >= 15 is 0 Å². The average Bonchev–Trinajstić information content (AvgIpc) is 2.61. The lowest BCUT2D eigenvalue weighted by Crippen LogP contribution is -2.46. The minimum atomic E-state index is -0.467. The second-order valence-corrected chi connectivity index (χ2v) is 4.93. The van der Waals surface area contributed by atoms with Gasteiger partial charge in [0, 0.05) is 17.9 Å². The fourth-order valence-corrected chi connectivity index (χ4v) is 2.92. The first kappa shape index (κ1) is 12.5. The molecule has 0 spiro atoms. The number of amides is 2. The Labute approximate surface area is 117 Å². The van der Waals surface area contributed by atoms with Crippen molar-refractivity contribution >= 4 is 17.4 Å². The summed E-state index contributed by atoms with van der Waals surface area (Å²) in [5.74, 6) is 5.67. The third kappa shape index (κ3) is 1.87. The molecule has 2 aliphatic rings. The van der Waals surface area contributed by atoms with Crippen LogP contribution in [0.5, 0.6) is 0 Å². The number of primary amides is 1. The zero-order chi connectivity index (χ0) is 14.1. The van der Waals surface area contributed by atoms with Gasteiger partial charge in [-0.2, -0.15) is 5.10 Å². The summed E-state index contributed by atoms with van der Waals surface area (Å²) in [5, 5.41) is 3.91. The molecule has 1 aromatic rings. The standard InChI is InChI=1S/C15H16N4O/c16-15(20)19-13-7-3-1-5-10(13)9-12(18-17)11-6-2-4-8-14(11)19/h1-8,10,13H,9,17H2,(H2,16,20). The molecule has 0 saturated heterocycles. The Morgan fingerprint density at radius 3 is 2.75 bits per heavy atom. The van der Waals surface area contributed by atoms with Crippen molar-refractivity contribution in [3.8, 4) is 0 Å². The minimum Gasteiger partial charge on any atom is -0.351 e. The summed E-state index contributed by atoms with van der Waals surface area (Å²) in [7, 11) is 0. The van der Waals surface area contributed by atoms with Gasteiger partial charge in [-0.1, -0.05) is 42.5 Å². The number of carbonyl (C=O) groups is 1. The monoisotopic (exact) mass is 268 g/mol. The normalized spacial score (nSPS) is 26.0. The molecule has 0 saturated carbocycles. The Kier molecular flexibility index (Phi) is 3.02. The van der Waals surface area contributed by atoms with E-state index in [4.69, 9.17) is 11.6 Å². The van der Waals surface area contributed by atoms with E-state index in [0.29, 0.717) is 6.42 Å². The fraction of sp³-hybridized carbons (Fsp3) is 0.200. The van der Waals surface area contributed by atoms with Crippen molar-refractivity contribution in [2.24, 2.45) is 22.6 Å². The zero-order valence-corrected chi connectivity index (χ0v) is 10.9. The van der Waals surface area contributed by atoms with Crippen LogP contribution in [0.25, 0.3) is 0 Å². The second kappa shape index (κ2) is 4.85. The van der Waals surface area contributed by atoms with E-state index in [0.717, 1.165) is 17.0 Å². The molecule has 1 aliphatic carbocycles. The molecule has 0 radical (unpaired) electrons. The van der Waals surface area contributed by atoms with Crippen molar-refractivity contribution in [3.05, 3.63) is 54.1 Å². The van der Waals surface area contributed by atoms with Crippen LogP contribution in [0.3, 0.4) is 0 Å². The van der Waals surface area contributed by atoms with Gasteiger partial charge < -0.3 is 11.6 Å². The first-order chi connectivity index (χ1) is 9.72.